The lowest BCUT2D eigenvalue weighted by Gasteiger charge is -2.44. The molecule has 0 N–H and O–H groups in total. The highest BCUT2D eigenvalue weighted by Crippen LogP contribution is 2.41. The standard InChI is InChI=1S/C24H25N3O4/c1-16(27-15-25-19-5-3-4-6-20(19)27)23(29)26-11-9-24(10-12-26)14-21(28)18-8-7-17(30-2)13-22(18)31-24/h3-8,13,15-16H,9-12,14H2,1-2H3. The summed E-state index contributed by atoms with van der Waals surface area (Å²) in [5.74, 6) is 1.38. The number of carbonyl (C=O) groups is 2. The van der Waals surface area contributed by atoms with Crippen LogP contribution >= 0.6 is 0 Å². The molecule has 0 saturated carbocycles. The Morgan fingerprint density at radius 1 is 1.19 bits per heavy atom. The molecular formula is C24H25N3O4. The van der Waals surface area contributed by atoms with Gasteiger partial charge in [-0.1, -0.05) is 12.1 Å². The third kappa shape index (κ3) is 3.34. The predicted octanol–water partition coefficient (Wildman–Crippen LogP) is 3.63. The first-order valence-corrected chi connectivity index (χ1v) is 10.6. The molecular weight excluding hydrogens is 394 g/mol. The van der Waals surface area contributed by atoms with Gasteiger partial charge in [0.05, 0.1) is 36.5 Å². The number of aromatic nitrogens is 2. The van der Waals surface area contributed by atoms with Gasteiger partial charge in [-0.2, -0.15) is 0 Å². The molecule has 7 nitrogen and oxygen atoms in total. The van der Waals surface area contributed by atoms with E-state index in [1.54, 1.807) is 31.6 Å². The Kier molecular flexibility index (Phi) is 4.68. The number of piperidine rings is 1. The fourth-order valence-corrected chi connectivity index (χ4v) is 4.69. The molecule has 1 aromatic heterocycles. The molecule has 160 valence electrons. The third-order valence-corrected chi connectivity index (χ3v) is 6.54. The van der Waals surface area contributed by atoms with E-state index in [4.69, 9.17) is 9.47 Å². The van der Waals surface area contributed by atoms with Gasteiger partial charge in [-0.3, -0.25) is 9.59 Å². The zero-order valence-corrected chi connectivity index (χ0v) is 17.7. The second kappa shape index (κ2) is 7.41. The van der Waals surface area contributed by atoms with Crippen molar-refractivity contribution < 1.29 is 19.1 Å². The maximum Gasteiger partial charge on any atom is 0.245 e. The zero-order valence-electron chi connectivity index (χ0n) is 17.7. The molecule has 2 aromatic carbocycles. The largest absolute Gasteiger partial charge is 0.497 e. The number of likely N-dealkylation sites (tertiary alicyclic amines) is 1. The molecule has 1 saturated heterocycles. The third-order valence-electron chi connectivity index (χ3n) is 6.54. The first-order valence-electron chi connectivity index (χ1n) is 10.6. The number of hydrogen-bond donors (Lipinski definition) is 0. The van der Waals surface area contributed by atoms with E-state index in [-0.39, 0.29) is 17.7 Å². The Labute approximate surface area is 180 Å². The summed E-state index contributed by atoms with van der Waals surface area (Å²) in [6.07, 6.45) is 3.32. The van der Waals surface area contributed by atoms with Crippen LogP contribution in [0.2, 0.25) is 0 Å². The topological polar surface area (TPSA) is 73.7 Å². The number of ether oxygens (including phenoxy) is 2. The van der Waals surface area contributed by atoms with Gasteiger partial charge in [-0.05, 0) is 31.2 Å². The average molecular weight is 419 g/mol. The minimum Gasteiger partial charge on any atom is -0.497 e. The highest BCUT2D eigenvalue weighted by Gasteiger charge is 2.44. The Morgan fingerprint density at radius 3 is 2.74 bits per heavy atom. The zero-order chi connectivity index (χ0) is 21.6. The number of fused-ring (bicyclic) bond motifs is 2. The first-order chi connectivity index (χ1) is 15.0. The van der Waals surface area contributed by atoms with Crippen molar-refractivity contribution in [1.29, 1.82) is 0 Å². The molecule has 2 aliphatic rings. The predicted molar refractivity (Wildman–Crippen MR) is 116 cm³/mol. The molecule has 0 bridgehead atoms. The lowest BCUT2D eigenvalue weighted by atomic mass is 9.82. The molecule has 5 rings (SSSR count). The van der Waals surface area contributed by atoms with Crippen molar-refractivity contribution >= 4 is 22.7 Å². The summed E-state index contributed by atoms with van der Waals surface area (Å²) >= 11 is 0. The summed E-state index contributed by atoms with van der Waals surface area (Å²) in [7, 11) is 1.59. The van der Waals surface area contributed by atoms with Crippen molar-refractivity contribution in [3.63, 3.8) is 0 Å². The number of ketones is 1. The van der Waals surface area contributed by atoms with Crippen molar-refractivity contribution in [3.8, 4) is 11.5 Å². The molecule has 1 amide bonds. The molecule has 1 spiro atoms. The molecule has 0 radical (unpaired) electrons. The molecule has 1 atom stereocenters. The van der Waals surface area contributed by atoms with Crippen LogP contribution in [-0.2, 0) is 4.79 Å². The van der Waals surface area contributed by atoms with Crippen LogP contribution in [0, 0.1) is 0 Å². The van der Waals surface area contributed by atoms with Gasteiger partial charge in [0.15, 0.2) is 5.78 Å². The van der Waals surface area contributed by atoms with Crippen molar-refractivity contribution in [2.24, 2.45) is 0 Å². The second-order valence-corrected chi connectivity index (χ2v) is 8.39. The summed E-state index contributed by atoms with van der Waals surface area (Å²) in [5, 5.41) is 0. The number of benzene rings is 2. The molecule has 1 fully saturated rings. The van der Waals surface area contributed by atoms with Crippen molar-refractivity contribution in [2.45, 2.75) is 37.8 Å². The van der Waals surface area contributed by atoms with Crippen LogP contribution in [0.3, 0.4) is 0 Å². The fourth-order valence-electron chi connectivity index (χ4n) is 4.69. The highest BCUT2D eigenvalue weighted by atomic mass is 16.5. The Balaban J connectivity index is 1.31. The molecule has 0 aliphatic carbocycles. The first kappa shape index (κ1) is 19.6. The summed E-state index contributed by atoms with van der Waals surface area (Å²) < 4.78 is 13.5. The summed E-state index contributed by atoms with van der Waals surface area (Å²) in [4.78, 5) is 32.2. The summed E-state index contributed by atoms with van der Waals surface area (Å²) in [5.41, 5.74) is 1.87. The van der Waals surface area contributed by atoms with E-state index in [1.807, 2.05) is 40.7 Å². The number of carbonyl (C=O) groups excluding carboxylic acids is 2. The van der Waals surface area contributed by atoms with Gasteiger partial charge < -0.3 is 18.9 Å². The number of hydrogen-bond acceptors (Lipinski definition) is 5. The molecule has 1 unspecified atom stereocenters. The van der Waals surface area contributed by atoms with Crippen LogP contribution in [0.1, 0.15) is 42.6 Å². The molecule has 31 heavy (non-hydrogen) atoms. The van der Waals surface area contributed by atoms with Crippen LogP contribution in [0.5, 0.6) is 11.5 Å². The molecule has 3 heterocycles. The highest BCUT2D eigenvalue weighted by molar-refractivity contribution is 6.00. The van der Waals surface area contributed by atoms with Gasteiger partial charge >= 0.3 is 0 Å². The SMILES string of the molecule is COc1ccc2c(c1)OC1(CCN(C(=O)C(C)n3cnc4ccccc43)CC1)CC2=O. The van der Waals surface area contributed by atoms with Gasteiger partial charge in [0.1, 0.15) is 23.1 Å². The summed E-state index contributed by atoms with van der Waals surface area (Å²) in [6.45, 7) is 3.02. The number of amides is 1. The smallest absolute Gasteiger partial charge is 0.245 e. The van der Waals surface area contributed by atoms with E-state index < -0.39 is 5.60 Å². The minimum atomic E-state index is -0.557. The lowest BCUT2D eigenvalue weighted by Crippen LogP contribution is -2.53. The number of methoxy groups -OCH3 is 1. The van der Waals surface area contributed by atoms with Crippen LogP contribution in [-0.4, -0.2) is 51.9 Å². The molecule has 3 aromatic rings. The molecule has 7 heteroatoms. The van der Waals surface area contributed by atoms with E-state index >= 15 is 0 Å². The summed E-state index contributed by atoms with van der Waals surface area (Å²) in [6, 6.07) is 12.8. The van der Waals surface area contributed by atoms with Crippen LogP contribution in [0.4, 0.5) is 0 Å². The Hall–Kier alpha value is -3.35. The normalized spacial score (nSPS) is 18.5. The second-order valence-electron chi connectivity index (χ2n) is 8.39. The maximum atomic E-state index is 13.2. The van der Waals surface area contributed by atoms with E-state index in [9.17, 15) is 9.59 Å². The lowest BCUT2D eigenvalue weighted by molar-refractivity contribution is -0.137. The van der Waals surface area contributed by atoms with Gasteiger partial charge in [0.25, 0.3) is 0 Å². The van der Waals surface area contributed by atoms with Crippen LogP contribution in [0.25, 0.3) is 11.0 Å². The maximum absolute atomic E-state index is 13.2. The number of imidazole rings is 1. The number of Topliss-reactive ketones (excluding diaryl/α,β-unsaturated/α-hetero) is 1. The Morgan fingerprint density at radius 2 is 1.97 bits per heavy atom. The molecule has 2 aliphatic heterocycles. The van der Waals surface area contributed by atoms with E-state index in [1.165, 1.54) is 0 Å². The average Bonchev–Trinajstić information content (AvgIpc) is 3.22. The quantitative estimate of drug-likeness (QED) is 0.648. The number of nitrogens with zero attached hydrogens (tertiary/aromatic N) is 3. The van der Waals surface area contributed by atoms with E-state index in [0.717, 1.165) is 11.0 Å². The van der Waals surface area contributed by atoms with Gasteiger partial charge in [-0.15, -0.1) is 0 Å². The van der Waals surface area contributed by atoms with E-state index in [2.05, 4.69) is 4.98 Å². The van der Waals surface area contributed by atoms with Crippen molar-refractivity contribution in [3.05, 3.63) is 54.4 Å². The van der Waals surface area contributed by atoms with Crippen LogP contribution < -0.4 is 9.47 Å². The number of para-hydroxylation sites is 2. The van der Waals surface area contributed by atoms with E-state index in [0.29, 0.717) is 49.4 Å². The van der Waals surface area contributed by atoms with Gasteiger partial charge in [0.2, 0.25) is 5.91 Å². The monoisotopic (exact) mass is 419 g/mol. The number of rotatable bonds is 3. The van der Waals surface area contributed by atoms with Crippen LogP contribution in [0.15, 0.2) is 48.8 Å². The van der Waals surface area contributed by atoms with Gasteiger partial charge in [-0.25, -0.2) is 4.98 Å². The minimum absolute atomic E-state index is 0.0576. The van der Waals surface area contributed by atoms with Gasteiger partial charge in [0, 0.05) is 32.0 Å². The van der Waals surface area contributed by atoms with Crippen molar-refractivity contribution in [1.82, 2.24) is 14.5 Å². The fraction of sp³-hybridized carbons (Fsp3) is 0.375. The Bertz CT molecular complexity index is 1160. The van der Waals surface area contributed by atoms with Crippen molar-refractivity contribution in [2.75, 3.05) is 20.2 Å².